The van der Waals surface area contributed by atoms with Crippen molar-refractivity contribution in [3.8, 4) is 5.75 Å². The number of hydrogen-bond acceptors (Lipinski definition) is 2. The lowest BCUT2D eigenvalue weighted by Gasteiger charge is -2.17. The molecule has 0 aromatic heterocycles. The zero-order valence-electron chi connectivity index (χ0n) is 11.1. The van der Waals surface area contributed by atoms with Crippen molar-refractivity contribution >= 4 is 27.5 Å². The van der Waals surface area contributed by atoms with Crippen LogP contribution in [-0.4, -0.2) is 7.11 Å². The minimum atomic E-state index is -0.444. The Morgan fingerprint density at radius 2 is 2.00 bits per heavy atom. The van der Waals surface area contributed by atoms with Gasteiger partial charge in [0.15, 0.2) is 0 Å². The van der Waals surface area contributed by atoms with Gasteiger partial charge in [-0.2, -0.15) is 0 Å². The van der Waals surface area contributed by atoms with E-state index < -0.39 is 6.04 Å². The summed E-state index contributed by atoms with van der Waals surface area (Å²) < 4.78 is 19.1. The van der Waals surface area contributed by atoms with Crippen LogP contribution in [0.3, 0.4) is 0 Å². The van der Waals surface area contributed by atoms with Gasteiger partial charge in [0.25, 0.3) is 0 Å². The SMILES string of the molecule is COc1cc(F)c(Br)cc1C(N)c1ccc(C)c(Cl)c1. The molecule has 0 spiro atoms. The first kappa shape index (κ1) is 15.3. The van der Waals surface area contributed by atoms with Gasteiger partial charge in [-0.15, -0.1) is 0 Å². The molecule has 0 aliphatic heterocycles. The third-order valence-electron chi connectivity index (χ3n) is 3.16. The molecule has 0 radical (unpaired) electrons. The zero-order chi connectivity index (χ0) is 14.9. The molecule has 2 rings (SSSR count). The van der Waals surface area contributed by atoms with Crippen molar-refractivity contribution in [1.82, 2.24) is 0 Å². The van der Waals surface area contributed by atoms with Crippen LogP contribution < -0.4 is 10.5 Å². The van der Waals surface area contributed by atoms with Gasteiger partial charge in [0, 0.05) is 16.7 Å². The summed E-state index contributed by atoms with van der Waals surface area (Å²) in [6, 6.07) is 8.13. The molecule has 1 unspecified atom stereocenters. The maximum Gasteiger partial charge on any atom is 0.141 e. The van der Waals surface area contributed by atoms with E-state index in [4.69, 9.17) is 22.1 Å². The van der Waals surface area contributed by atoms with Crippen LogP contribution in [0.1, 0.15) is 22.7 Å². The summed E-state index contributed by atoms with van der Waals surface area (Å²) in [5, 5.41) is 0.651. The second kappa shape index (κ2) is 6.12. The molecule has 1 atom stereocenters. The molecule has 0 amide bonds. The Morgan fingerprint density at radius 3 is 2.60 bits per heavy atom. The molecule has 0 heterocycles. The summed E-state index contributed by atoms with van der Waals surface area (Å²) in [4.78, 5) is 0. The minimum absolute atomic E-state index is 0.349. The molecule has 2 aromatic rings. The average Bonchev–Trinajstić information content (AvgIpc) is 2.43. The number of aryl methyl sites for hydroxylation is 1. The van der Waals surface area contributed by atoms with Gasteiger partial charge in [0.05, 0.1) is 17.6 Å². The molecule has 0 bridgehead atoms. The van der Waals surface area contributed by atoms with E-state index in [1.54, 1.807) is 6.07 Å². The smallest absolute Gasteiger partial charge is 0.141 e. The zero-order valence-corrected chi connectivity index (χ0v) is 13.4. The van der Waals surface area contributed by atoms with Gasteiger partial charge in [-0.05, 0) is 46.1 Å². The molecule has 106 valence electrons. The first-order chi connectivity index (χ1) is 9.43. The Bertz CT molecular complexity index is 648. The summed E-state index contributed by atoms with van der Waals surface area (Å²) in [5.74, 6) is 0.0228. The van der Waals surface area contributed by atoms with Crippen LogP contribution in [0.15, 0.2) is 34.8 Å². The lowest BCUT2D eigenvalue weighted by atomic mass is 9.98. The van der Waals surface area contributed by atoms with Crippen molar-refractivity contribution in [3.63, 3.8) is 0 Å². The monoisotopic (exact) mass is 357 g/mol. The van der Waals surface area contributed by atoms with E-state index in [1.807, 2.05) is 25.1 Å². The number of methoxy groups -OCH3 is 1. The van der Waals surface area contributed by atoms with E-state index in [9.17, 15) is 4.39 Å². The number of ether oxygens (including phenoxy) is 1. The second-order valence-corrected chi connectivity index (χ2v) is 5.76. The van der Waals surface area contributed by atoms with Gasteiger partial charge in [0.1, 0.15) is 11.6 Å². The molecule has 0 aliphatic rings. The van der Waals surface area contributed by atoms with Gasteiger partial charge < -0.3 is 10.5 Å². The van der Waals surface area contributed by atoms with E-state index in [2.05, 4.69) is 15.9 Å². The highest BCUT2D eigenvalue weighted by molar-refractivity contribution is 9.10. The molecule has 0 saturated carbocycles. The van der Waals surface area contributed by atoms with Crippen LogP contribution >= 0.6 is 27.5 Å². The quantitative estimate of drug-likeness (QED) is 0.870. The summed E-state index contributed by atoms with van der Waals surface area (Å²) in [6.07, 6.45) is 0. The molecule has 20 heavy (non-hydrogen) atoms. The number of rotatable bonds is 3. The topological polar surface area (TPSA) is 35.2 Å². The highest BCUT2D eigenvalue weighted by atomic mass is 79.9. The molecule has 2 aromatic carbocycles. The van der Waals surface area contributed by atoms with Crippen LogP contribution in [0.2, 0.25) is 5.02 Å². The van der Waals surface area contributed by atoms with Gasteiger partial charge in [-0.3, -0.25) is 0 Å². The van der Waals surface area contributed by atoms with Crippen LogP contribution in [0.5, 0.6) is 5.75 Å². The van der Waals surface area contributed by atoms with E-state index in [0.717, 1.165) is 11.1 Å². The minimum Gasteiger partial charge on any atom is -0.496 e. The normalized spacial score (nSPS) is 12.3. The Labute approximate surface area is 130 Å². The summed E-state index contributed by atoms with van der Waals surface area (Å²) in [7, 11) is 1.49. The Morgan fingerprint density at radius 1 is 1.30 bits per heavy atom. The Hall–Kier alpha value is -1.10. The highest BCUT2D eigenvalue weighted by Gasteiger charge is 2.17. The van der Waals surface area contributed by atoms with Crippen LogP contribution in [-0.2, 0) is 0 Å². The molecule has 0 aliphatic carbocycles. The molecule has 0 fully saturated rings. The fraction of sp³-hybridized carbons (Fsp3) is 0.200. The Kier molecular flexibility index (Phi) is 4.68. The van der Waals surface area contributed by atoms with Crippen LogP contribution in [0.4, 0.5) is 4.39 Å². The maximum absolute atomic E-state index is 13.5. The number of nitrogens with two attached hydrogens (primary N) is 1. The van der Waals surface area contributed by atoms with Gasteiger partial charge in [-0.25, -0.2) is 4.39 Å². The highest BCUT2D eigenvalue weighted by Crippen LogP contribution is 2.33. The molecular weight excluding hydrogens is 345 g/mol. The van der Waals surface area contributed by atoms with Crippen LogP contribution in [0.25, 0.3) is 0 Å². The summed E-state index contributed by atoms with van der Waals surface area (Å²) in [6.45, 7) is 1.92. The van der Waals surface area contributed by atoms with Gasteiger partial charge in [0.2, 0.25) is 0 Å². The van der Waals surface area contributed by atoms with Crippen molar-refractivity contribution in [1.29, 1.82) is 0 Å². The standard InChI is InChI=1S/C15H14BrClFNO/c1-8-3-4-9(5-12(8)17)15(19)10-6-11(16)13(18)7-14(10)20-2/h3-7,15H,19H2,1-2H3. The number of hydrogen-bond donors (Lipinski definition) is 1. The average molecular weight is 359 g/mol. The third-order valence-corrected chi connectivity index (χ3v) is 4.18. The van der Waals surface area contributed by atoms with Gasteiger partial charge in [-0.1, -0.05) is 23.7 Å². The first-order valence-electron chi connectivity index (χ1n) is 5.98. The fourth-order valence-corrected chi connectivity index (χ4v) is 2.50. The predicted molar refractivity (Wildman–Crippen MR) is 82.9 cm³/mol. The lowest BCUT2D eigenvalue weighted by Crippen LogP contribution is -2.13. The maximum atomic E-state index is 13.5. The van der Waals surface area contributed by atoms with Crippen molar-refractivity contribution < 1.29 is 9.13 Å². The third kappa shape index (κ3) is 2.97. The van der Waals surface area contributed by atoms with E-state index in [0.29, 0.717) is 20.8 Å². The lowest BCUT2D eigenvalue weighted by molar-refractivity contribution is 0.404. The van der Waals surface area contributed by atoms with E-state index in [-0.39, 0.29) is 5.82 Å². The summed E-state index contributed by atoms with van der Waals surface area (Å²) >= 11 is 9.28. The van der Waals surface area contributed by atoms with Crippen molar-refractivity contribution in [2.45, 2.75) is 13.0 Å². The van der Waals surface area contributed by atoms with Gasteiger partial charge >= 0.3 is 0 Å². The van der Waals surface area contributed by atoms with E-state index in [1.165, 1.54) is 13.2 Å². The molecule has 2 N–H and O–H groups in total. The Balaban J connectivity index is 2.49. The second-order valence-electron chi connectivity index (χ2n) is 4.49. The van der Waals surface area contributed by atoms with Crippen LogP contribution in [0, 0.1) is 12.7 Å². The van der Waals surface area contributed by atoms with Crippen molar-refractivity contribution in [2.75, 3.05) is 7.11 Å². The first-order valence-corrected chi connectivity index (χ1v) is 7.15. The van der Waals surface area contributed by atoms with Crippen molar-refractivity contribution in [2.24, 2.45) is 5.73 Å². The van der Waals surface area contributed by atoms with Crippen molar-refractivity contribution in [3.05, 3.63) is 62.3 Å². The largest absolute Gasteiger partial charge is 0.496 e. The predicted octanol–water partition coefficient (Wildman–Crippen LogP) is 4.61. The molecule has 0 saturated heterocycles. The number of benzene rings is 2. The summed E-state index contributed by atoms with van der Waals surface area (Å²) in [5.41, 5.74) is 8.77. The molecule has 5 heteroatoms. The molecule has 2 nitrogen and oxygen atoms in total. The fourth-order valence-electron chi connectivity index (χ4n) is 1.95. The van der Waals surface area contributed by atoms with E-state index >= 15 is 0 Å². The molecular formula is C15H14BrClFNO. The number of halogens is 3.